The molecule has 0 atom stereocenters. The zero-order valence-electron chi connectivity index (χ0n) is 11.6. The van der Waals surface area contributed by atoms with Gasteiger partial charge in [0.1, 0.15) is 5.75 Å². The molecule has 7 heteroatoms. The summed E-state index contributed by atoms with van der Waals surface area (Å²) in [6, 6.07) is 13.6. The van der Waals surface area contributed by atoms with Crippen molar-refractivity contribution >= 4 is 5.69 Å². The third kappa shape index (κ3) is 2.51. The summed E-state index contributed by atoms with van der Waals surface area (Å²) < 4.78 is 10.4. The van der Waals surface area contributed by atoms with Crippen LogP contribution >= 0.6 is 0 Å². The molecule has 0 aliphatic rings. The maximum Gasteiger partial charge on any atom is 0.273 e. The van der Waals surface area contributed by atoms with E-state index in [9.17, 15) is 10.1 Å². The number of methoxy groups -OCH3 is 1. The summed E-state index contributed by atoms with van der Waals surface area (Å²) in [5, 5.41) is 14.7. The summed E-state index contributed by atoms with van der Waals surface area (Å²) in [6.45, 7) is 0. The number of hydrogen-bond acceptors (Lipinski definition) is 6. The molecule has 0 N–H and O–H groups in total. The number of hydrogen-bond donors (Lipinski definition) is 0. The lowest BCUT2D eigenvalue weighted by Crippen LogP contribution is -1.93. The normalized spacial score (nSPS) is 10.4. The largest absolute Gasteiger partial charge is 0.496 e. The van der Waals surface area contributed by atoms with Crippen LogP contribution in [-0.2, 0) is 0 Å². The van der Waals surface area contributed by atoms with E-state index in [1.54, 1.807) is 0 Å². The Bertz CT molecular complexity index is 815. The van der Waals surface area contributed by atoms with Gasteiger partial charge in [-0.15, -0.1) is 0 Å². The number of nitro benzene ring substituents is 1. The van der Waals surface area contributed by atoms with Gasteiger partial charge in [-0.05, 0) is 18.2 Å². The van der Waals surface area contributed by atoms with E-state index in [1.165, 1.54) is 25.3 Å². The molecular formula is C15H11N3O4. The Morgan fingerprint density at radius 3 is 2.64 bits per heavy atom. The molecule has 0 spiro atoms. The molecule has 0 aliphatic carbocycles. The first-order valence-electron chi connectivity index (χ1n) is 6.41. The van der Waals surface area contributed by atoms with Crippen LogP contribution in [0.5, 0.6) is 5.75 Å². The number of ether oxygens (including phenoxy) is 1. The van der Waals surface area contributed by atoms with Crippen molar-refractivity contribution in [1.82, 2.24) is 10.1 Å². The van der Waals surface area contributed by atoms with E-state index >= 15 is 0 Å². The SMILES string of the molecule is COc1cc([N+](=O)[O-])ccc1-c1noc(-c2ccccc2)n1. The third-order valence-electron chi connectivity index (χ3n) is 3.08. The summed E-state index contributed by atoms with van der Waals surface area (Å²) in [7, 11) is 1.43. The quantitative estimate of drug-likeness (QED) is 0.542. The highest BCUT2D eigenvalue weighted by Crippen LogP contribution is 2.32. The predicted molar refractivity (Wildman–Crippen MR) is 78.4 cm³/mol. The fourth-order valence-corrected chi connectivity index (χ4v) is 2.01. The monoisotopic (exact) mass is 297 g/mol. The van der Waals surface area contributed by atoms with Crippen molar-refractivity contribution in [1.29, 1.82) is 0 Å². The second kappa shape index (κ2) is 5.65. The first-order chi connectivity index (χ1) is 10.7. The van der Waals surface area contributed by atoms with Gasteiger partial charge in [-0.2, -0.15) is 4.98 Å². The minimum atomic E-state index is -0.488. The molecule has 110 valence electrons. The van der Waals surface area contributed by atoms with Gasteiger partial charge < -0.3 is 9.26 Å². The zero-order valence-corrected chi connectivity index (χ0v) is 11.6. The smallest absolute Gasteiger partial charge is 0.273 e. The second-order valence-corrected chi connectivity index (χ2v) is 4.43. The summed E-state index contributed by atoms with van der Waals surface area (Å²) in [5.41, 5.74) is 1.26. The van der Waals surface area contributed by atoms with E-state index in [0.29, 0.717) is 23.0 Å². The minimum absolute atomic E-state index is 0.0626. The lowest BCUT2D eigenvalue weighted by atomic mass is 10.1. The number of non-ortho nitro benzene ring substituents is 1. The highest BCUT2D eigenvalue weighted by Gasteiger charge is 2.17. The lowest BCUT2D eigenvalue weighted by molar-refractivity contribution is -0.384. The molecule has 3 rings (SSSR count). The first-order valence-corrected chi connectivity index (χ1v) is 6.41. The van der Waals surface area contributed by atoms with Gasteiger partial charge in [0, 0.05) is 11.6 Å². The molecular weight excluding hydrogens is 286 g/mol. The zero-order chi connectivity index (χ0) is 15.5. The second-order valence-electron chi connectivity index (χ2n) is 4.43. The van der Waals surface area contributed by atoms with Crippen molar-refractivity contribution in [3.63, 3.8) is 0 Å². The molecule has 3 aromatic rings. The van der Waals surface area contributed by atoms with Crippen molar-refractivity contribution in [3.8, 4) is 28.6 Å². The van der Waals surface area contributed by atoms with Crippen LogP contribution in [0, 0.1) is 10.1 Å². The molecule has 2 aromatic carbocycles. The van der Waals surface area contributed by atoms with Crippen LogP contribution in [0.4, 0.5) is 5.69 Å². The van der Waals surface area contributed by atoms with Gasteiger partial charge >= 0.3 is 0 Å². The fourth-order valence-electron chi connectivity index (χ4n) is 2.01. The predicted octanol–water partition coefficient (Wildman–Crippen LogP) is 3.32. The van der Waals surface area contributed by atoms with Crippen molar-refractivity contribution < 1.29 is 14.2 Å². The number of nitrogens with zero attached hydrogens (tertiary/aromatic N) is 3. The van der Waals surface area contributed by atoms with Gasteiger partial charge in [-0.3, -0.25) is 10.1 Å². The van der Waals surface area contributed by atoms with Crippen molar-refractivity contribution in [2.24, 2.45) is 0 Å². The van der Waals surface area contributed by atoms with Gasteiger partial charge in [-0.1, -0.05) is 23.4 Å². The molecule has 0 aliphatic heterocycles. The molecule has 1 aromatic heterocycles. The van der Waals surface area contributed by atoms with Crippen LogP contribution in [0.15, 0.2) is 53.1 Å². The highest BCUT2D eigenvalue weighted by molar-refractivity contribution is 5.68. The Kier molecular flexibility index (Phi) is 3.53. The molecule has 0 fully saturated rings. The van der Waals surface area contributed by atoms with Crippen LogP contribution in [0.1, 0.15) is 0 Å². The summed E-state index contributed by atoms with van der Waals surface area (Å²) in [5.74, 6) is 0.996. The van der Waals surface area contributed by atoms with Gasteiger partial charge in [0.2, 0.25) is 5.82 Å². The van der Waals surface area contributed by atoms with E-state index in [4.69, 9.17) is 9.26 Å². The number of aromatic nitrogens is 2. The van der Waals surface area contributed by atoms with E-state index in [1.807, 2.05) is 30.3 Å². The van der Waals surface area contributed by atoms with Crippen LogP contribution in [0.25, 0.3) is 22.8 Å². The first kappa shape index (κ1) is 13.7. The average molecular weight is 297 g/mol. The molecule has 0 saturated heterocycles. The van der Waals surface area contributed by atoms with Crippen molar-refractivity contribution in [3.05, 3.63) is 58.6 Å². The molecule has 0 unspecified atom stereocenters. The maximum absolute atomic E-state index is 10.8. The Balaban J connectivity index is 2.02. The fraction of sp³-hybridized carbons (Fsp3) is 0.0667. The number of nitro groups is 1. The van der Waals surface area contributed by atoms with Crippen LogP contribution in [0.2, 0.25) is 0 Å². The molecule has 1 heterocycles. The van der Waals surface area contributed by atoms with Gasteiger partial charge in [0.05, 0.1) is 23.7 Å². The molecule has 0 bridgehead atoms. The van der Waals surface area contributed by atoms with Crippen molar-refractivity contribution in [2.75, 3.05) is 7.11 Å². The van der Waals surface area contributed by atoms with E-state index < -0.39 is 4.92 Å². The Morgan fingerprint density at radius 1 is 1.18 bits per heavy atom. The van der Waals surface area contributed by atoms with E-state index in [-0.39, 0.29) is 5.69 Å². The minimum Gasteiger partial charge on any atom is -0.496 e. The standard InChI is InChI=1S/C15H11N3O4/c1-21-13-9-11(18(19)20)7-8-12(13)14-16-15(22-17-14)10-5-3-2-4-6-10/h2-9H,1H3. The molecule has 22 heavy (non-hydrogen) atoms. The number of benzene rings is 2. The summed E-state index contributed by atoms with van der Waals surface area (Å²) in [6.07, 6.45) is 0. The summed E-state index contributed by atoms with van der Waals surface area (Å²) >= 11 is 0. The summed E-state index contributed by atoms with van der Waals surface area (Å²) in [4.78, 5) is 14.6. The van der Waals surface area contributed by atoms with E-state index in [2.05, 4.69) is 10.1 Å². The Labute approximate surface area is 125 Å². The third-order valence-corrected chi connectivity index (χ3v) is 3.08. The maximum atomic E-state index is 10.8. The Morgan fingerprint density at radius 2 is 1.95 bits per heavy atom. The topological polar surface area (TPSA) is 91.3 Å². The van der Waals surface area contributed by atoms with Gasteiger partial charge in [0.15, 0.2) is 0 Å². The molecule has 7 nitrogen and oxygen atoms in total. The Hall–Kier alpha value is -3.22. The number of rotatable bonds is 4. The average Bonchev–Trinajstić information content (AvgIpc) is 3.04. The van der Waals surface area contributed by atoms with Crippen LogP contribution in [-0.4, -0.2) is 22.2 Å². The highest BCUT2D eigenvalue weighted by atomic mass is 16.6. The molecule has 0 amide bonds. The van der Waals surface area contributed by atoms with Crippen LogP contribution < -0.4 is 4.74 Å². The van der Waals surface area contributed by atoms with Gasteiger partial charge in [-0.25, -0.2) is 0 Å². The van der Waals surface area contributed by atoms with Gasteiger partial charge in [0.25, 0.3) is 11.6 Å². The van der Waals surface area contributed by atoms with Crippen molar-refractivity contribution in [2.45, 2.75) is 0 Å². The molecule has 0 radical (unpaired) electrons. The lowest BCUT2D eigenvalue weighted by Gasteiger charge is -2.04. The van der Waals surface area contributed by atoms with Crippen LogP contribution in [0.3, 0.4) is 0 Å². The van der Waals surface area contributed by atoms with E-state index in [0.717, 1.165) is 5.56 Å². The molecule has 0 saturated carbocycles.